The third kappa shape index (κ3) is 3.05. The maximum absolute atomic E-state index is 12.6. The predicted octanol–water partition coefficient (Wildman–Crippen LogP) is 3.52. The molecule has 118 valence electrons. The minimum Gasteiger partial charge on any atom is -0.477 e. The molecule has 1 aromatic rings. The lowest BCUT2D eigenvalue weighted by atomic mass is 9.90. The van der Waals surface area contributed by atoms with Crippen molar-refractivity contribution >= 4 is 46.2 Å². The van der Waals surface area contributed by atoms with Gasteiger partial charge in [-0.3, -0.25) is 4.79 Å². The molecule has 2 heterocycles. The van der Waals surface area contributed by atoms with Gasteiger partial charge in [-0.05, 0) is 34.7 Å². The van der Waals surface area contributed by atoms with E-state index in [1.807, 2.05) is 24.3 Å². The van der Waals surface area contributed by atoms with Crippen LogP contribution < -0.4 is 0 Å². The molecule has 7 heteroatoms. The Hall–Kier alpha value is -0.610. The Morgan fingerprint density at radius 1 is 1.23 bits per heavy atom. The van der Waals surface area contributed by atoms with Gasteiger partial charge in [0.05, 0.1) is 32.4 Å². The molecule has 22 heavy (non-hydrogen) atoms. The maximum atomic E-state index is 12.6. The Morgan fingerprint density at radius 2 is 1.91 bits per heavy atom. The summed E-state index contributed by atoms with van der Waals surface area (Å²) in [5, 5.41) is 0. The smallest absolute Gasteiger partial charge is 0.216 e. The fourth-order valence-corrected chi connectivity index (χ4v) is 3.85. The first-order chi connectivity index (χ1) is 10.7. The minimum absolute atomic E-state index is 0.0765. The molecular formula is C15H15IO5S. The number of halogens is 1. The van der Waals surface area contributed by atoms with Crippen LogP contribution in [0.2, 0.25) is 0 Å². The summed E-state index contributed by atoms with van der Waals surface area (Å²) in [6, 6.07) is 7.64. The van der Waals surface area contributed by atoms with E-state index in [1.165, 1.54) is 7.11 Å². The zero-order valence-corrected chi connectivity index (χ0v) is 14.9. The third-order valence-corrected chi connectivity index (χ3v) is 5.37. The minimum atomic E-state index is -0.726. The lowest BCUT2D eigenvalue weighted by Gasteiger charge is -2.31. The summed E-state index contributed by atoms with van der Waals surface area (Å²) in [5.74, 6) is 0.740. The van der Waals surface area contributed by atoms with Crippen molar-refractivity contribution in [1.29, 1.82) is 0 Å². The van der Waals surface area contributed by atoms with E-state index in [1.54, 1.807) is 0 Å². The Labute approximate surface area is 146 Å². The van der Waals surface area contributed by atoms with Crippen molar-refractivity contribution in [3.8, 4) is 0 Å². The monoisotopic (exact) mass is 434 g/mol. The zero-order valence-electron chi connectivity index (χ0n) is 12.0. The molecule has 2 aliphatic heterocycles. The van der Waals surface area contributed by atoms with Crippen LogP contribution in [0, 0.1) is 0 Å². The molecule has 0 aromatic heterocycles. The summed E-state index contributed by atoms with van der Waals surface area (Å²) < 4.78 is 16.9. The van der Waals surface area contributed by atoms with Crippen LogP contribution in [-0.2, 0) is 23.5 Å². The molecular weight excluding hydrogens is 419 g/mol. The number of rotatable bonds is 4. The van der Waals surface area contributed by atoms with E-state index in [0.717, 1.165) is 22.5 Å². The van der Waals surface area contributed by atoms with E-state index in [9.17, 15) is 4.79 Å². The summed E-state index contributed by atoms with van der Waals surface area (Å²) in [7, 11) is 1.46. The number of benzene rings is 1. The first-order valence-electron chi connectivity index (χ1n) is 6.85. The van der Waals surface area contributed by atoms with Crippen molar-refractivity contribution in [2.24, 2.45) is 0 Å². The van der Waals surface area contributed by atoms with Crippen LogP contribution in [-0.4, -0.2) is 31.7 Å². The summed E-state index contributed by atoms with van der Waals surface area (Å²) in [6.07, 6.45) is 1.22. The molecule has 0 saturated carbocycles. The second-order valence-corrected chi connectivity index (χ2v) is 6.88. The van der Waals surface area contributed by atoms with Gasteiger partial charge in [0, 0.05) is 23.3 Å². The molecule has 0 aliphatic carbocycles. The molecule has 0 atom stereocenters. The molecule has 0 bridgehead atoms. The Bertz CT molecular complexity index is 592. The van der Waals surface area contributed by atoms with Crippen LogP contribution in [0.3, 0.4) is 0 Å². The number of carbonyl (C=O) groups excluding carboxylic acids is 1. The highest BCUT2D eigenvalue weighted by atomic mass is 127. The van der Waals surface area contributed by atoms with Crippen molar-refractivity contribution in [3.05, 3.63) is 33.4 Å². The Morgan fingerprint density at radius 3 is 2.55 bits per heavy atom. The SMILES string of the molecule is COOSc1ccc(C2=C(I)C(=O)C3(CCOCC3)O2)cc1. The summed E-state index contributed by atoms with van der Waals surface area (Å²) in [5.41, 5.74) is 0.166. The van der Waals surface area contributed by atoms with Crippen LogP contribution in [0.5, 0.6) is 0 Å². The lowest BCUT2D eigenvalue weighted by molar-refractivity contribution is -0.160. The average Bonchev–Trinajstić information content (AvgIpc) is 2.80. The van der Waals surface area contributed by atoms with E-state index in [4.69, 9.17) is 13.8 Å². The van der Waals surface area contributed by atoms with E-state index >= 15 is 0 Å². The molecule has 0 radical (unpaired) electrons. The highest BCUT2D eigenvalue weighted by molar-refractivity contribution is 14.1. The Kier molecular flexibility index (Phi) is 5.08. The fraction of sp³-hybridized carbons (Fsp3) is 0.400. The van der Waals surface area contributed by atoms with Crippen LogP contribution in [0.15, 0.2) is 32.7 Å². The molecule has 3 rings (SSSR count). The Balaban J connectivity index is 1.80. The zero-order chi connectivity index (χ0) is 15.6. The second-order valence-electron chi connectivity index (χ2n) is 5.02. The molecule has 1 saturated heterocycles. The topological polar surface area (TPSA) is 54.0 Å². The van der Waals surface area contributed by atoms with Gasteiger partial charge >= 0.3 is 0 Å². The largest absolute Gasteiger partial charge is 0.477 e. The molecule has 0 unspecified atom stereocenters. The van der Waals surface area contributed by atoms with Gasteiger partial charge in [0.15, 0.2) is 5.60 Å². The molecule has 1 aromatic carbocycles. The maximum Gasteiger partial charge on any atom is 0.216 e. The van der Waals surface area contributed by atoms with Crippen molar-refractivity contribution in [2.45, 2.75) is 23.3 Å². The van der Waals surface area contributed by atoms with Crippen molar-refractivity contribution < 1.29 is 23.5 Å². The number of carbonyl (C=O) groups is 1. The molecule has 5 nitrogen and oxygen atoms in total. The van der Waals surface area contributed by atoms with Crippen molar-refractivity contribution in [2.75, 3.05) is 20.3 Å². The highest BCUT2D eigenvalue weighted by Crippen LogP contribution is 2.44. The number of ether oxygens (including phenoxy) is 2. The van der Waals surface area contributed by atoms with E-state index in [2.05, 4.69) is 27.5 Å². The number of ketones is 1. The first kappa shape index (κ1) is 16.3. The van der Waals surface area contributed by atoms with E-state index < -0.39 is 5.60 Å². The van der Waals surface area contributed by atoms with Gasteiger partial charge in [-0.1, -0.05) is 12.1 Å². The fourth-order valence-electron chi connectivity index (χ4n) is 2.54. The van der Waals surface area contributed by atoms with E-state index in [0.29, 0.717) is 35.4 Å². The molecule has 0 N–H and O–H groups in total. The van der Waals surface area contributed by atoms with Gasteiger partial charge in [0.25, 0.3) is 0 Å². The van der Waals surface area contributed by atoms with Crippen LogP contribution >= 0.6 is 34.6 Å². The van der Waals surface area contributed by atoms with Crippen molar-refractivity contribution in [1.82, 2.24) is 0 Å². The standard InChI is InChI=1S/C15H15IO5S/c1-18-21-22-11-4-2-10(3-5-11)13-12(16)14(17)15(20-13)6-8-19-9-7-15/h2-5H,6-9H2,1H3. The summed E-state index contributed by atoms with van der Waals surface area (Å²) in [6.45, 7) is 1.12. The number of hydrogen-bond donors (Lipinski definition) is 0. The highest BCUT2D eigenvalue weighted by Gasteiger charge is 2.49. The van der Waals surface area contributed by atoms with Gasteiger partial charge in [-0.25, -0.2) is 4.89 Å². The summed E-state index contributed by atoms with van der Waals surface area (Å²) in [4.78, 5) is 18.0. The van der Waals surface area contributed by atoms with Crippen LogP contribution in [0.1, 0.15) is 18.4 Å². The molecule has 1 fully saturated rings. The van der Waals surface area contributed by atoms with Gasteiger partial charge in [0.1, 0.15) is 9.34 Å². The molecule has 2 aliphatic rings. The van der Waals surface area contributed by atoms with Gasteiger partial charge in [-0.15, -0.1) is 0 Å². The quantitative estimate of drug-likeness (QED) is 0.313. The number of Topliss-reactive ketones (excluding diaryl/α,β-unsaturated/α-hetero) is 1. The molecule has 0 amide bonds. The predicted molar refractivity (Wildman–Crippen MR) is 90.2 cm³/mol. The van der Waals surface area contributed by atoms with Gasteiger partial charge in [0.2, 0.25) is 5.78 Å². The first-order valence-corrected chi connectivity index (χ1v) is 8.67. The lowest BCUT2D eigenvalue weighted by Crippen LogP contribution is -2.42. The second kappa shape index (κ2) is 6.88. The van der Waals surface area contributed by atoms with E-state index in [-0.39, 0.29) is 5.78 Å². The average molecular weight is 434 g/mol. The number of hydrogen-bond acceptors (Lipinski definition) is 6. The normalized spacial score (nSPS) is 20.5. The summed E-state index contributed by atoms with van der Waals surface area (Å²) >= 11 is 3.21. The van der Waals surface area contributed by atoms with Crippen LogP contribution in [0.25, 0.3) is 5.76 Å². The third-order valence-electron chi connectivity index (χ3n) is 3.73. The van der Waals surface area contributed by atoms with Crippen molar-refractivity contribution in [3.63, 3.8) is 0 Å². The van der Waals surface area contributed by atoms with Crippen LogP contribution in [0.4, 0.5) is 0 Å². The van der Waals surface area contributed by atoms with Gasteiger partial charge in [-0.2, -0.15) is 4.33 Å². The molecule has 1 spiro atoms. The van der Waals surface area contributed by atoms with Gasteiger partial charge < -0.3 is 9.47 Å².